The Labute approximate surface area is 115 Å². The van der Waals surface area contributed by atoms with Crippen LogP contribution in [-0.2, 0) is 28.7 Å². The van der Waals surface area contributed by atoms with Gasteiger partial charge in [-0.1, -0.05) is 13.3 Å². The lowest BCUT2D eigenvalue weighted by Crippen LogP contribution is -2.46. The summed E-state index contributed by atoms with van der Waals surface area (Å²) in [7, 11) is 0. The van der Waals surface area contributed by atoms with Crippen molar-refractivity contribution in [3.05, 3.63) is 0 Å². The van der Waals surface area contributed by atoms with Crippen LogP contribution in [0.25, 0.3) is 0 Å². The molecule has 20 heavy (non-hydrogen) atoms. The van der Waals surface area contributed by atoms with Crippen LogP contribution in [0.3, 0.4) is 0 Å². The molecule has 0 aromatic heterocycles. The molecule has 0 spiro atoms. The van der Waals surface area contributed by atoms with Gasteiger partial charge in [0.15, 0.2) is 5.60 Å². The third-order valence-corrected chi connectivity index (χ3v) is 2.39. The summed E-state index contributed by atoms with van der Waals surface area (Å²) in [5, 5.41) is 18.0. The maximum atomic E-state index is 11.4. The molecule has 0 amide bonds. The van der Waals surface area contributed by atoms with Gasteiger partial charge in [-0.05, 0) is 6.42 Å². The van der Waals surface area contributed by atoms with E-state index in [0.717, 1.165) is 6.92 Å². The second kappa shape index (κ2) is 8.26. The zero-order valence-corrected chi connectivity index (χ0v) is 11.4. The molecular formula is C12H18O8. The van der Waals surface area contributed by atoms with Gasteiger partial charge in [0.2, 0.25) is 0 Å². The van der Waals surface area contributed by atoms with Crippen LogP contribution in [0.4, 0.5) is 0 Å². The van der Waals surface area contributed by atoms with Gasteiger partial charge in [0.1, 0.15) is 0 Å². The van der Waals surface area contributed by atoms with Gasteiger partial charge in [0.05, 0.1) is 12.8 Å². The predicted molar refractivity (Wildman–Crippen MR) is 64.9 cm³/mol. The van der Waals surface area contributed by atoms with Gasteiger partial charge in [-0.3, -0.25) is 14.4 Å². The highest BCUT2D eigenvalue weighted by molar-refractivity contribution is 5.91. The van der Waals surface area contributed by atoms with E-state index in [1.54, 1.807) is 0 Å². The van der Waals surface area contributed by atoms with Crippen LogP contribution in [-0.4, -0.2) is 46.3 Å². The summed E-state index contributed by atoms with van der Waals surface area (Å²) in [5.41, 5.74) is -2.23. The Bertz CT molecular complexity index is 389. The number of ether oxygens (including phenoxy) is 2. The summed E-state index contributed by atoms with van der Waals surface area (Å²) < 4.78 is 9.33. The van der Waals surface area contributed by atoms with Crippen molar-refractivity contribution < 1.29 is 38.9 Å². The number of carbonyl (C=O) groups is 4. The minimum atomic E-state index is -2.23. The zero-order chi connectivity index (χ0) is 15.8. The number of carboxylic acid groups (broad SMARTS) is 2. The molecule has 0 aliphatic heterocycles. The van der Waals surface area contributed by atoms with Gasteiger partial charge in [-0.2, -0.15) is 0 Å². The molecule has 0 rings (SSSR count). The second-order valence-electron chi connectivity index (χ2n) is 4.21. The van der Waals surface area contributed by atoms with Crippen molar-refractivity contribution in [2.75, 3.05) is 6.61 Å². The Morgan fingerprint density at radius 3 is 2.10 bits per heavy atom. The number of hydrogen-bond donors (Lipinski definition) is 2. The Hall–Kier alpha value is -1.96. The lowest BCUT2D eigenvalue weighted by Gasteiger charge is -2.27. The molecule has 0 radical (unpaired) electrons. The summed E-state index contributed by atoms with van der Waals surface area (Å²) in [5.74, 6) is -5.06. The highest BCUT2D eigenvalue weighted by Gasteiger charge is 2.45. The van der Waals surface area contributed by atoms with Crippen LogP contribution in [0.5, 0.6) is 0 Å². The normalized spacial score (nSPS) is 13.3. The maximum Gasteiger partial charge on any atom is 0.337 e. The number of rotatable bonds is 9. The molecule has 1 unspecified atom stereocenters. The number of carbonyl (C=O) groups excluding carboxylic acids is 2. The first-order valence-electron chi connectivity index (χ1n) is 6.04. The average molecular weight is 290 g/mol. The molecule has 0 saturated heterocycles. The third kappa shape index (κ3) is 6.28. The largest absolute Gasteiger partial charge is 0.481 e. The Balaban J connectivity index is 5.06. The molecule has 8 nitrogen and oxygen atoms in total. The topological polar surface area (TPSA) is 127 Å². The first kappa shape index (κ1) is 18.0. The third-order valence-electron chi connectivity index (χ3n) is 2.39. The van der Waals surface area contributed by atoms with Crippen LogP contribution in [0.15, 0.2) is 0 Å². The molecule has 0 heterocycles. The van der Waals surface area contributed by atoms with Gasteiger partial charge in [0, 0.05) is 13.5 Å². The summed E-state index contributed by atoms with van der Waals surface area (Å²) in [4.78, 5) is 44.1. The first-order chi connectivity index (χ1) is 9.23. The molecule has 0 aliphatic rings. The van der Waals surface area contributed by atoms with Crippen molar-refractivity contribution in [2.24, 2.45) is 0 Å². The fourth-order valence-electron chi connectivity index (χ4n) is 1.46. The molecule has 1 atom stereocenters. The van der Waals surface area contributed by atoms with E-state index in [1.165, 1.54) is 0 Å². The van der Waals surface area contributed by atoms with Gasteiger partial charge in [-0.15, -0.1) is 0 Å². The second-order valence-corrected chi connectivity index (χ2v) is 4.21. The molecule has 8 heteroatoms. The molecule has 0 fully saturated rings. The number of carboxylic acids is 2. The minimum Gasteiger partial charge on any atom is -0.481 e. The fraction of sp³-hybridized carbons (Fsp3) is 0.667. The predicted octanol–water partition coefficient (Wildman–Crippen LogP) is 0.581. The first-order valence-corrected chi connectivity index (χ1v) is 6.04. The van der Waals surface area contributed by atoms with E-state index in [9.17, 15) is 24.3 Å². The van der Waals surface area contributed by atoms with E-state index < -0.39 is 42.3 Å². The Morgan fingerprint density at radius 1 is 1.10 bits per heavy atom. The van der Waals surface area contributed by atoms with Gasteiger partial charge in [-0.25, -0.2) is 4.79 Å². The van der Waals surface area contributed by atoms with Crippen molar-refractivity contribution in [3.63, 3.8) is 0 Å². The smallest absolute Gasteiger partial charge is 0.337 e. The number of hydrogen-bond acceptors (Lipinski definition) is 6. The summed E-state index contributed by atoms with van der Waals surface area (Å²) in [6.45, 7) is 2.81. The van der Waals surface area contributed by atoms with Crippen LogP contribution in [0.2, 0.25) is 0 Å². The van der Waals surface area contributed by atoms with E-state index in [0.29, 0.717) is 12.8 Å². The van der Waals surface area contributed by atoms with E-state index in [1.807, 2.05) is 6.92 Å². The van der Waals surface area contributed by atoms with Crippen molar-refractivity contribution in [1.82, 2.24) is 0 Å². The van der Waals surface area contributed by atoms with Crippen molar-refractivity contribution in [2.45, 2.75) is 45.1 Å². The quantitative estimate of drug-likeness (QED) is 0.358. The average Bonchev–Trinajstić information content (AvgIpc) is 2.26. The number of aliphatic carboxylic acids is 2. The lowest BCUT2D eigenvalue weighted by molar-refractivity contribution is -0.181. The zero-order valence-electron chi connectivity index (χ0n) is 11.4. The molecule has 114 valence electrons. The lowest BCUT2D eigenvalue weighted by atomic mass is 9.95. The van der Waals surface area contributed by atoms with E-state index in [2.05, 4.69) is 4.74 Å². The van der Waals surface area contributed by atoms with Gasteiger partial charge in [0.25, 0.3) is 0 Å². The van der Waals surface area contributed by atoms with Gasteiger partial charge >= 0.3 is 23.9 Å². The maximum absolute atomic E-state index is 11.4. The highest BCUT2D eigenvalue weighted by atomic mass is 16.6. The molecule has 0 bridgehead atoms. The molecule has 2 N–H and O–H groups in total. The molecule has 0 aromatic rings. The molecular weight excluding hydrogens is 272 g/mol. The van der Waals surface area contributed by atoms with Crippen LogP contribution in [0.1, 0.15) is 39.5 Å². The Kier molecular flexibility index (Phi) is 7.45. The summed E-state index contributed by atoms with van der Waals surface area (Å²) in [6.07, 6.45) is -0.534. The number of unbranched alkanes of at least 4 members (excludes halogenated alkanes) is 1. The van der Waals surface area contributed by atoms with E-state index in [4.69, 9.17) is 9.84 Å². The van der Waals surface area contributed by atoms with Crippen molar-refractivity contribution >= 4 is 23.9 Å². The molecule has 0 saturated carbocycles. The van der Waals surface area contributed by atoms with E-state index >= 15 is 0 Å². The minimum absolute atomic E-state index is 0.0105. The SMILES string of the molecule is CCCCOC(CC(=O)O)(CC(=O)OC(C)=O)C(=O)O. The van der Waals surface area contributed by atoms with Crippen LogP contribution >= 0.6 is 0 Å². The van der Waals surface area contributed by atoms with Crippen LogP contribution in [0, 0.1) is 0 Å². The standard InChI is InChI=1S/C12H18O8/c1-3-4-5-19-12(11(17)18,6-9(14)15)7-10(16)20-8(2)13/h3-7H2,1-2H3,(H,14,15)(H,17,18). The van der Waals surface area contributed by atoms with Gasteiger partial charge < -0.3 is 19.7 Å². The monoisotopic (exact) mass is 290 g/mol. The summed E-state index contributed by atoms with van der Waals surface area (Å²) in [6, 6.07) is 0. The Morgan fingerprint density at radius 2 is 1.70 bits per heavy atom. The summed E-state index contributed by atoms with van der Waals surface area (Å²) >= 11 is 0. The van der Waals surface area contributed by atoms with Crippen LogP contribution < -0.4 is 0 Å². The van der Waals surface area contributed by atoms with E-state index in [-0.39, 0.29) is 6.61 Å². The number of esters is 2. The highest BCUT2D eigenvalue weighted by Crippen LogP contribution is 2.23. The van der Waals surface area contributed by atoms with Crippen molar-refractivity contribution in [3.8, 4) is 0 Å². The molecule has 0 aliphatic carbocycles. The van der Waals surface area contributed by atoms with Crippen molar-refractivity contribution in [1.29, 1.82) is 0 Å². The molecule has 0 aromatic carbocycles. The fourth-order valence-corrected chi connectivity index (χ4v) is 1.46.